The fourth-order valence-corrected chi connectivity index (χ4v) is 3.66. The maximum absolute atomic E-state index is 12.3. The number of hydrogen-bond donors (Lipinski definition) is 2. The van der Waals surface area contributed by atoms with Crippen LogP contribution in [0.3, 0.4) is 0 Å². The van der Waals surface area contributed by atoms with Gasteiger partial charge in [-0.15, -0.1) is 0 Å². The predicted molar refractivity (Wildman–Crippen MR) is 108 cm³/mol. The van der Waals surface area contributed by atoms with Gasteiger partial charge in [0, 0.05) is 49.1 Å². The van der Waals surface area contributed by atoms with Crippen LogP contribution in [0, 0.1) is 0 Å². The smallest absolute Gasteiger partial charge is 0.225 e. The zero-order valence-corrected chi connectivity index (χ0v) is 15.7. The summed E-state index contributed by atoms with van der Waals surface area (Å²) in [7, 11) is 1.88. The van der Waals surface area contributed by atoms with E-state index in [1.807, 2.05) is 61.6 Å². The Hall–Kier alpha value is -3.41. The maximum atomic E-state index is 12.3. The lowest BCUT2D eigenvalue weighted by Crippen LogP contribution is -2.25. The quantitative estimate of drug-likeness (QED) is 0.718. The predicted octanol–water partition coefficient (Wildman–Crippen LogP) is 3.47. The summed E-state index contributed by atoms with van der Waals surface area (Å²) in [6, 6.07) is 17.6. The van der Waals surface area contributed by atoms with Crippen molar-refractivity contribution in [3.05, 3.63) is 77.6 Å². The molecule has 3 aromatic rings. The van der Waals surface area contributed by atoms with E-state index in [-0.39, 0.29) is 17.7 Å². The molecule has 0 bridgehead atoms. The Morgan fingerprint density at radius 1 is 1.21 bits per heavy atom. The number of hydrogen-bond acceptors (Lipinski definition) is 3. The molecule has 6 nitrogen and oxygen atoms in total. The molecule has 0 fully saturated rings. The molecule has 0 aliphatic carbocycles. The van der Waals surface area contributed by atoms with Crippen molar-refractivity contribution in [2.75, 3.05) is 10.6 Å². The molecule has 4 rings (SSSR count). The zero-order valence-electron chi connectivity index (χ0n) is 15.7. The standard InChI is InChI=1S/C22H22N4O2/c1-26-20(11-12-23-26)18-14-22(28)25-19-13-16(8-9-17(18)19)24-21(27)10-7-15-5-3-2-4-6-15/h2-6,8-9,11-13,18H,7,10,14H2,1H3,(H,24,27)(H,25,28). The van der Waals surface area contributed by atoms with Crippen LogP contribution in [0.4, 0.5) is 11.4 Å². The number of aryl methyl sites for hydroxylation is 2. The van der Waals surface area contributed by atoms with Crippen molar-refractivity contribution in [3.63, 3.8) is 0 Å². The topological polar surface area (TPSA) is 76.0 Å². The molecule has 0 saturated carbocycles. The second kappa shape index (κ2) is 7.68. The third kappa shape index (κ3) is 3.81. The fraction of sp³-hybridized carbons (Fsp3) is 0.227. The average Bonchev–Trinajstić information content (AvgIpc) is 3.12. The molecular formula is C22H22N4O2. The van der Waals surface area contributed by atoms with Crippen molar-refractivity contribution < 1.29 is 9.59 Å². The van der Waals surface area contributed by atoms with Crippen molar-refractivity contribution in [1.82, 2.24) is 9.78 Å². The van der Waals surface area contributed by atoms with E-state index in [0.29, 0.717) is 24.9 Å². The molecule has 0 spiro atoms. The van der Waals surface area contributed by atoms with Crippen molar-refractivity contribution >= 4 is 23.2 Å². The third-order valence-corrected chi connectivity index (χ3v) is 5.08. The lowest BCUT2D eigenvalue weighted by atomic mass is 9.87. The van der Waals surface area contributed by atoms with Gasteiger partial charge in [0.05, 0.1) is 0 Å². The number of anilines is 2. The fourth-order valence-electron chi connectivity index (χ4n) is 3.66. The second-order valence-corrected chi connectivity index (χ2v) is 7.02. The lowest BCUT2D eigenvalue weighted by molar-refractivity contribution is -0.117. The van der Waals surface area contributed by atoms with Gasteiger partial charge in [0.1, 0.15) is 0 Å². The minimum Gasteiger partial charge on any atom is -0.326 e. The minimum atomic E-state index is -0.0471. The Morgan fingerprint density at radius 2 is 2.04 bits per heavy atom. The number of rotatable bonds is 5. The van der Waals surface area contributed by atoms with Crippen LogP contribution in [0.1, 0.15) is 35.6 Å². The summed E-state index contributed by atoms with van der Waals surface area (Å²) in [5.74, 6) is -0.126. The van der Waals surface area contributed by atoms with Crippen LogP contribution in [-0.4, -0.2) is 21.6 Å². The van der Waals surface area contributed by atoms with Crippen LogP contribution >= 0.6 is 0 Å². The number of carbonyl (C=O) groups excluding carboxylic acids is 2. The molecule has 1 unspecified atom stereocenters. The first kappa shape index (κ1) is 18.0. The molecule has 1 atom stereocenters. The van der Waals surface area contributed by atoms with Crippen molar-refractivity contribution in [2.24, 2.45) is 7.05 Å². The van der Waals surface area contributed by atoms with Gasteiger partial charge in [-0.05, 0) is 35.7 Å². The maximum Gasteiger partial charge on any atom is 0.225 e. The average molecular weight is 374 g/mol. The van der Waals surface area contributed by atoms with E-state index >= 15 is 0 Å². The highest BCUT2D eigenvalue weighted by Gasteiger charge is 2.28. The van der Waals surface area contributed by atoms with Crippen molar-refractivity contribution in [2.45, 2.75) is 25.2 Å². The summed E-state index contributed by atoms with van der Waals surface area (Å²) in [5.41, 5.74) is 4.58. The van der Waals surface area contributed by atoms with Gasteiger partial charge >= 0.3 is 0 Å². The Kier molecular flexibility index (Phi) is 4.93. The van der Waals surface area contributed by atoms with Crippen molar-refractivity contribution in [3.8, 4) is 0 Å². The number of aromatic nitrogens is 2. The first-order valence-electron chi connectivity index (χ1n) is 9.35. The van der Waals surface area contributed by atoms with E-state index in [1.54, 1.807) is 10.9 Å². The molecule has 1 aliphatic rings. The highest BCUT2D eigenvalue weighted by atomic mass is 16.2. The third-order valence-electron chi connectivity index (χ3n) is 5.08. The summed E-state index contributed by atoms with van der Waals surface area (Å²) in [5, 5.41) is 10.1. The van der Waals surface area contributed by atoms with Crippen molar-refractivity contribution in [1.29, 1.82) is 0 Å². The number of amides is 2. The van der Waals surface area contributed by atoms with Crippen LogP contribution in [0.15, 0.2) is 60.8 Å². The number of benzene rings is 2. The summed E-state index contributed by atoms with van der Waals surface area (Å²) >= 11 is 0. The van der Waals surface area contributed by atoms with Gasteiger partial charge in [-0.1, -0.05) is 36.4 Å². The Labute approximate surface area is 163 Å². The zero-order chi connectivity index (χ0) is 19.5. The lowest BCUT2D eigenvalue weighted by Gasteiger charge is -2.26. The van der Waals surface area contributed by atoms with Gasteiger partial charge in [0.2, 0.25) is 11.8 Å². The number of nitrogens with zero attached hydrogens (tertiary/aromatic N) is 2. The van der Waals surface area contributed by atoms with E-state index in [1.165, 1.54) is 0 Å². The monoisotopic (exact) mass is 374 g/mol. The molecule has 1 aromatic heterocycles. The van der Waals surface area contributed by atoms with Gasteiger partial charge < -0.3 is 10.6 Å². The van der Waals surface area contributed by atoms with Gasteiger partial charge in [0.15, 0.2) is 0 Å². The van der Waals surface area contributed by atoms with E-state index in [0.717, 1.165) is 22.5 Å². The molecule has 2 N–H and O–H groups in total. The van der Waals surface area contributed by atoms with Crippen LogP contribution in [0.5, 0.6) is 0 Å². The highest BCUT2D eigenvalue weighted by molar-refractivity contribution is 5.97. The van der Waals surface area contributed by atoms with E-state index in [9.17, 15) is 9.59 Å². The largest absolute Gasteiger partial charge is 0.326 e. The number of carbonyl (C=O) groups is 2. The second-order valence-electron chi connectivity index (χ2n) is 7.02. The molecule has 2 heterocycles. The van der Waals surface area contributed by atoms with E-state index in [4.69, 9.17) is 0 Å². The van der Waals surface area contributed by atoms with E-state index < -0.39 is 0 Å². The first-order valence-corrected chi connectivity index (χ1v) is 9.35. The van der Waals surface area contributed by atoms with Gasteiger partial charge in [-0.3, -0.25) is 14.3 Å². The molecule has 28 heavy (non-hydrogen) atoms. The van der Waals surface area contributed by atoms with Gasteiger partial charge in [-0.25, -0.2) is 0 Å². The summed E-state index contributed by atoms with van der Waals surface area (Å²) in [4.78, 5) is 24.5. The van der Waals surface area contributed by atoms with Crippen LogP contribution in [0.2, 0.25) is 0 Å². The summed E-state index contributed by atoms with van der Waals surface area (Å²) in [6.45, 7) is 0. The van der Waals surface area contributed by atoms with Gasteiger partial charge in [0.25, 0.3) is 0 Å². The molecular weight excluding hydrogens is 352 g/mol. The van der Waals surface area contributed by atoms with Crippen LogP contribution in [0.25, 0.3) is 0 Å². The molecule has 2 aromatic carbocycles. The highest BCUT2D eigenvalue weighted by Crippen LogP contribution is 2.38. The summed E-state index contributed by atoms with van der Waals surface area (Å²) in [6.07, 6.45) is 3.22. The van der Waals surface area contributed by atoms with Gasteiger partial charge in [-0.2, -0.15) is 5.10 Å². The van der Waals surface area contributed by atoms with Crippen LogP contribution < -0.4 is 10.6 Å². The Balaban J connectivity index is 1.49. The van der Waals surface area contributed by atoms with Crippen LogP contribution in [-0.2, 0) is 23.1 Å². The SMILES string of the molecule is Cn1nccc1C1CC(=O)Nc2cc(NC(=O)CCc3ccccc3)ccc21. The normalized spacial score (nSPS) is 15.6. The molecule has 142 valence electrons. The molecule has 0 saturated heterocycles. The number of nitrogens with one attached hydrogen (secondary N) is 2. The first-order chi connectivity index (χ1) is 13.6. The Morgan fingerprint density at radius 3 is 2.79 bits per heavy atom. The number of fused-ring (bicyclic) bond motifs is 1. The molecule has 0 radical (unpaired) electrons. The minimum absolute atomic E-state index is 0.0359. The van der Waals surface area contributed by atoms with E-state index in [2.05, 4.69) is 15.7 Å². The Bertz CT molecular complexity index is 1010. The molecule has 1 aliphatic heterocycles. The molecule has 2 amide bonds. The summed E-state index contributed by atoms with van der Waals surface area (Å²) < 4.78 is 1.80. The molecule has 6 heteroatoms.